The third-order valence-corrected chi connectivity index (χ3v) is 2.80. The predicted octanol–water partition coefficient (Wildman–Crippen LogP) is 1.35. The van der Waals surface area contributed by atoms with Crippen molar-refractivity contribution in [3.05, 3.63) is 23.8 Å². The Hall–Kier alpha value is -2.24. The Morgan fingerprint density at radius 2 is 2.10 bits per heavy atom. The number of carbonyl (C=O) groups excluding carboxylic acids is 2. The number of hydrogen-bond donors (Lipinski definition) is 2. The first-order chi connectivity index (χ1) is 9.47. The van der Waals surface area contributed by atoms with E-state index in [2.05, 4.69) is 5.32 Å². The largest absolute Gasteiger partial charge is 0.496 e. The molecule has 1 aromatic carbocycles. The number of hydrogen-bond acceptors (Lipinski definition) is 5. The Balaban J connectivity index is 2.63. The van der Waals surface area contributed by atoms with Crippen molar-refractivity contribution in [1.82, 2.24) is 5.32 Å². The van der Waals surface area contributed by atoms with E-state index >= 15 is 0 Å². The van der Waals surface area contributed by atoms with E-state index in [1.165, 1.54) is 13.2 Å². The number of esters is 1. The molecule has 0 radical (unpaired) electrons. The smallest absolute Gasteiger partial charge is 0.342 e. The molecule has 0 aliphatic heterocycles. The zero-order chi connectivity index (χ0) is 15.1. The van der Waals surface area contributed by atoms with Crippen LogP contribution < -0.4 is 15.8 Å². The fraction of sp³-hybridized carbons (Fsp3) is 0.429. The Kier molecular flexibility index (Phi) is 5.83. The maximum Gasteiger partial charge on any atom is 0.342 e. The van der Waals surface area contributed by atoms with Crippen molar-refractivity contribution in [2.24, 2.45) is 0 Å². The average Bonchev–Trinajstić information content (AvgIpc) is 2.44. The zero-order valence-corrected chi connectivity index (χ0v) is 11.9. The highest BCUT2D eigenvalue weighted by atomic mass is 16.5. The van der Waals surface area contributed by atoms with Crippen molar-refractivity contribution < 1.29 is 19.1 Å². The second-order valence-corrected chi connectivity index (χ2v) is 4.41. The fourth-order valence-electron chi connectivity index (χ4n) is 1.51. The van der Waals surface area contributed by atoms with Crippen molar-refractivity contribution in [2.75, 3.05) is 19.5 Å². The van der Waals surface area contributed by atoms with E-state index < -0.39 is 5.97 Å². The number of ether oxygens (including phenoxy) is 2. The van der Waals surface area contributed by atoms with Gasteiger partial charge in [-0.15, -0.1) is 0 Å². The number of carbonyl (C=O) groups is 2. The van der Waals surface area contributed by atoms with Crippen molar-refractivity contribution in [3.63, 3.8) is 0 Å². The maximum atomic E-state index is 11.9. The van der Waals surface area contributed by atoms with Gasteiger partial charge in [0.2, 0.25) is 0 Å². The molecule has 0 fully saturated rings. The van der Waals surface area contributed by atoms with Gasteiger partial charge < -0.3 is 20.5 Å². The first-order valence-corrected chi connectivity index (χ1v) is 6.38. The number of rotatable bonds is 6. The molecule has 0 heterocycles. The van der Waals surface area contributed by atoms with Gasteiger partial charge in [0.15, 0.2) is 6.61 Å². The van der Waals surface area contributed by atoms with Crippen LogP contribution in [0.15, 0.2) is 18.2 Å². The molecule has 0 bridgehead atoms. The zero-order valence-electron chi connectivity index (χ0n) is 11.9. The molecule has 3 N–H and O–H groups in total. The van der Waals surface area contributed by atoms with Crippen molar-refractivity contribution >= 4 is 17.6 Å². The second kappa shape index (κ2) is 7.37. The van der Waals surface area contributed by atoms with Gasteiger partial charge in [-0.2, -0.15) is 0 Å². The van der Waals surface area contributed by atoms with Crippen LogP contribution in [0, 0.1) is 0 Å². The lowest BCUT2D eigenvalue weighted by molar-refractivity contribution is -0.124. The summed E-state index contributed by atoms with van der Waals surface area (Å²) in [6.45, 7) is 3.50. The number of amides is 1. The molecule has 20 heavy (non-hydrogen) atoms. The summed E-state index contributed by atoms with van der Waals surface area (Å²) in [6.07, 6.45) is 0.808. The molecular formula is C14H20N2O4. The molecule has 0 aliphatic rings. The van der Waals surface area contributed by atoms with Gasteiger partial charge in [0, 0.05) is 11.7 Å². The first kappa shape index (κ1) is 15.8. The van der Waals surface area contributed by atoms with E-state index in [9.17, 15) is 9.59 Å². The standard InChI is InChI=1S/C14H20N2O4/c1-4-9(2)16-13(17)8-20-14(18)11-7-10(15)5-6-12(11)19-3/h5-7,9H,4,8,15H2,1-3H3,(H,16,17). The van der Waals surface area contributed by atoms with Gasteiger partial charge >= 0.3 is 5.97 Å². The van der Waals surface area contributed by atoms with E-state index in [4.69, 9.17) is 15.2 Å². The predicted molar refractivity (Wildman–Crippen MR) is 75.6 cm³/mol. The molecule has 6 nitrogen and oxygen atoms in total. The quantitative estimate of drug-likeness (QED) is 0.606. The SMILES string of the molecule is CCC(C)NC(=O)COC(=O)c1cc(N)ccc1OC. The summed E-state index contributed by atoms with van der Waals surface area (Å²) >= 11 is 0. The van der Waals surface area contributed by atoms with E-state index in [0.29, 0.717) is 11.4 Å². The Morgan fingerprint density at radius 1 is 1.40 bits per heavy atom. The van der Waals surface area contributed by atoms with Gasteiger partial charge in [0.05, 0.1) is 7.11 Å². The minimum Gasteiger partial charge on any atom is -0.496 e. The number of nitrogen functional groups attached to an aromatic ring is 1. The summed E-state index contributed by atoms with van der Waals surface area (Å²) in [5, 5.41) is 2.70. The average molecular weight is 280 g/mol. The molecule has 0 saturated carbocycles. The van der Waals surface area contributed by atoms with Crippen LogP contribution in [-0.2, 0) is 9.53 Å². The highest BCUT2D eigenvalue weighted by Crippen LogP contribution is 2.21. The van der Waals surface area contributed by atoms with Crippen LogP contribution in [0.3, 0.4) is 0 Å². The summed E-state index contributed by atoms with van der Waals surface area (Å²) < 4.78 is 10.00. The first-order valence-electron chi connectivity index (χ1n) is 6.38. The van der Waals surface area contributed by atoms with Crippen LogP contribution in [0.4, 0.5) is 5.69 Å². The van der Waals surface area contributed by atoms with Crippen LogP contribution in [0.1, 0.15) is 30.6 Å². The molecule has 1 unspecified atom stereocenters. The number of methoxy groups -OCH3 is 1. The highest BCUT2D eigenvalue weighted by molar-refractivity contribution is 5.94. The molecular weight excluding hydrogens is 260 g/mol. The molecule has 0 spiro atoms. The van der Waals surface area contributed by atoms with E-state index in [1.807, 2.05) is 13.8 Å². The Bertz CT molecular complexity index is 488. The summed E-state index contributed by atoms with van der Waals surface area (Å²) in [6, 6.07) is 4.69. The molecule has 1 aromatic rings. The van der Waals surface area contributed by atoms with Crippen LogP contribution >= 0.6 is 0 Å². The van der Waals surface area contributed by atoms with E-state index in [-0.39, 0.29) is 24.1 Å². The minimum atomic E-state index is -0.645. The Morgan fingerprint density at radius 3 is 2.70 bits per heavy atom. The van der Waals surface area contributed by atoms with E-state index in [1.54, 1.807) is 12.1 Å². The van der Waals surface area contributed by atoms with Crippen LogP contribution in [-0.4, -0.2) is 31.6 Å². The number of nitrogens with one attached hydrogen (secondary N) is 1. The van der Waals surface area contributed by atoms with Crippen LogP contribution in [0.25, 0.3) is 0 Å². The van der Waals surface area contributed by atoms with Crippen molar-refractivity contribution in [3.8, 4) is 5.75 Å². The van der Waals surface area contributed by atoms with Gasteiger partial charge in [-0.05, 0) is 31.5 Å². The number of nitrogens with two attached hydrogens (primary N) is 1. The highest BCUT2D eigenvalue weighted by Gasteiger charge is 2.16. The molecule has 1 atom stereocenters. The summed E-state index contributed by atoms with van der Waals surface area (Å²) in [5.41, 5.74) is 6.23. The van der Waals surface area contributed by atoms with Gasteiger partial charge in [-0.1, -0.05) is 6.92 Å². The van der Waals surface area contributed by atoms with Crippen molar-refractivity contribution in [1.29, 1.82) is 0 Å². The summed E-state index contributed by atoms with van der Waals surface area (Å²) in [5.74, 6) is -0.629. The van der Waals surface area contributed by atoms with E-state index in [0.717, 1.165) is 6.42 Å². The maximum absolute atomic E-state index is 11.9. The summed E-state index contributed by atoms with van der Waals surface area (Å²) in [4.78, 5) is 23.4. The van der Waals surface area contributed by atoms with Crippen LogP contribution in [0.2, 0.25) is 0 Å². The number of anilines is 1. The lowest BCUT2D eigenvalue weighted by Crippen LogP contribution is -2.35. The molecule has 110 valence electrons. The van der Waals surface area contributed by atoms with Gasteiger partial charge in [0.1, 0.15) is 11.3 Å². The molecule has 0 aromatic heterocycles. The molecule has 1 rings (SSSR count). The minimum absolute atomic E-state index is 0.0445. The van der Waals surface area contributed by atoms with Gasteiger partial charge in [-0.3, -0.25) is 4.79 Å². The monoisotopic (exact) mass is 280 g/mol. The lowest BCUT2D eigenvalue weighted by atomic mass is 10.2. The number of benzene rings is 1. The normalized spacial score (nSPS) is 11.6. The molecule has 6 heteroatoms. The fourth-order valence-corrected chi connectivity index (χ4v) is 1.51. The topological polar surface area (TPSA) is 90.7 Å². The third kappa shape index (κ3) is 4.46. The lowest BCUT2D eigenvalue weighted by Gasteiger charge is -2.12. The molecule has 0 aliphatic carbocycles. The van der Waals surface area contributed by atoms with Gasteiger partial charge in [-0.25, -0.2) is 4.79 Å². The van der Waals surface area contributed by atoms with Crippen LogP contribution in [0.5, 0.6) is 5.75 Å². The van der Waals surface area contributed by atoms with Crippen molar-refractivity contribution in [2.45, 2.75) is 26.3 Å². The molecule has 1 amide bonds. The van der Waals surface area contributed by atoms with Gasteiger partial charge in [0.25, 0.3) is 5.91 Å². The Labute approximate surface area is 118 Å². The molecule has 0 saturated heterocycles. The second-order valence-electron chi connectivity index (χ2n) is 4.41. The summed E-state index contributed by atoms with van der Waals surface area (Å²) in [7, 11) is 1.44. The third-order valence-electron chi connectivity index (χ3n) is 2.80.